The van der Waals surface area contributed by atoms with E-state index in [0.29, 0.717) is 12.4 Å². The molecule has 1 aliphatic carbocycles. The Morgan fingerprint density at radius 2 is 2.32 bits per heavy atom. The van der Waals surface area contributed by atoms with Crippen LogP contribution in [0.2, 0.25) is 0 Å². The third-order valence-electron chi connectivity index (χ3n) is 3.11. The van der Waals surface area contributed by atoms with Crippen molar-refractivity contribution >= 4 is 21.4 Å². The third kappa shape index (κ3) is 2.58. The normalized spacial score (nSPS) is 16.1. The van der Waals surface area contributed by atoms with Gasteiger partial charge in [-0.05, 0) is 31.2 Å². The summed E-state index contributed by atoms with van der Waals surface area (Å²) in [6, 6.07) is 4.04. The van der Waals surface area contributed by atoms with Crippen LogP contribution in [-0.2, 0) is 16.6 Å². The molecular formula is C12H15N3O2S2. The molecular weight excluding hydrogens is 282 g/mol. The molecule has 1 N–H and O–H groups in total. The average molecular weight is 297 g/mol. The zero-order valence-electron chi connectivity index (χ0n) is 10.5. The van der Waals surface area contributed by atoms with Crippen LogP contribution in [0, 0.1) is 6.92 Å². The van der Waals surface area contributed by atoms with Gasteiger partial charge in [-0.2, -0.15) is 4.31 Å². The van der Waals surface area contributed by atoms with E-state index in [1.807, 2.05) is 17.5 Å². The molecule has 3 rings (SSSR count). The molecule has 0 saturated heterocycles. The Bertz CT molecular complexity index is 657. The summed E-state index contributed by atoms with van der Waals surface area (Å²) in [5.74, 6) is 0.616. The number of sulfonamides is 1. The second-order valence-corrected chi connectivity index (χ2v) is 7.58. The summed E-state index contributed by atoms with van der Waals surface area (Å²) in [4.78, 5) is 7.87. The topological polar surface area (TPSA) is 66.1 Å². The largest absolute Gasteiger partial charge is 0.332 e. The minimum absolute atomic E-state index is 0.135. The molecule has 7 heteroatoms. The van der Waals surface area contributed by atoms with Crippen molar-refractivity contribution in [3.63, 3.8) is 0 Å². The lowest BCUT2D eigenvalue weighted by Crippen LogP contribution is -2.32. The maximum absolute atomic E-state index is 12.6. The summed E-state index contributed by atoms with van der Waals surface area (Å²) in [7, 11) is -3.47. The summed E-state index contributed by atoms with van der Waals surface area (Å²) in [6.07, 6.45) is 3.28. The average Bonchev–Trinajstić information content (AvgIpc) is 2.88. The Balaban J connectivity index is 1.91. The number of thiophene rings is 1. The fourth-order valence-electron chi connectivity index (χ4n) is 1.98. The molecule has 1 fully saturated rings. The van der Waals surface area contributed by atoms with Crippen LogP contribution in [0.4, 0.5) is 0 Å². The van der Waals surface area contributed by atoms with E-state index in [4.69, 9.17) is 0 Å². The molecule has 2 aromatic rings. The molecule has 0 bridgehead atoms. The molecule has 0 aliphatic heterocycles. The van der Waals surface area contributed by atoms with Gasteiger partial charge in [0, 0.05) is 17.5 Å². The fraction of sp³-hybridized carbons (Fsp3) is 0.417. The van der Waals surface area contributed by atoms with Crippen LogP contribution in [0.1, 0.15) is 23.5 Å². The molecule has 5 nitrogen and oxygen atoms in total. The number of nitrogens with one attached hydrogen (secondary N) is 1. The Morgan fingerprint density at radius 1 is 1.53 bits per heavy atom. The lowest BCUT2D eigenvalue weighted by molar-refractivity contribution is 0.400. The second-order valence-electron chi connectivity index (χ2n) is 4.69. The summed E-state index contributed by atoms with van der Waals surface area (Å²) < 4.78 is 26.8. The summed E-state index contributed by atoms with van der Waals surface area (Å²) in [5, 5.41) is 2.15. The number of aromatic amines is 1. The molecule has 0 spiro atoms. The molecule has 102 valence electrons. The van der Waals surface area contributed by atoms with E-state index in [9.17, 15) is 8.42 Å². The summed E-state index contributed by atoms with van der Waals surface area (Å²) in [5.41, 5.74) is 0. The predicted octanol–water partition coefficient (Wildman–Crippen LogP) is 2.13. The predicted molar refractivity (Wildman–Crippen MR) is 73.4 cm³/mol. The molecule has 0 radical (unpaired) electrons. The van der Waals surface area contributed by atoms with Crippen molar-refractivity contribution in [1.29, 1.82) is 0 Å². The SMILES string of the molecule is Cc1ncc(S(=O)(=O)N(Cc2cccs2)C2CC2)[nH]1. The Kier molecular flexibility index (Phi) is 3.20. The number of aryl methyl sites for hydroxylation is 1. The zero-order chi connectivity index (χ0) is 13.5. The van der Waals surface area contributed by atoms with E-state index in [-0.39, 0.29) is 11.1 Å². The quantitative estimate of drug-likeness (QED) is 0.919. The highest BCUT2D eigenvalue weighted by Gasteiger charge is 2.39. The molecule has 1 aliphatic rings. The van der Waals surface area contributed by atoms with Crippen molar-refractivity contribution in [1.82, 2.24) is 14.3 Å². The number of hydrogen-bond donors (Lipinski definition) is 1. The number of rotatable bonds is 5. The van der Waals surface area contributed by atoms with E-state index in [0.717, 1.165) is 17.7 Å². The van der Waals surface area contributed by atoms with Gasteiger partial charge < -0.3 is 4.98 Å². The van der Waals surface area contributed by atoms with Crippen LogP contribution in [-0.4, -0.2) is 28.7 Å². The first-order valence-electron chi connectivity index (χ1n) is 6.13. The standard InChI is InChI=1S/C12H15N3O2S2/c1-9-13-7-12(14-9)19(16,17)15(10-4-5-10)8-11-3-2-6-18-11/h2-3,6-7,10H,4-5,8H2,1H3,(H,13,14). The number of imidazole rings is 1. The van der Waals surface area contributed by atoms with Crippen LogP contribution >= 0.6 is 11.3 Å². The minimum Gasteiger partial charge on any atom is -0.332 e. The van der Waals surface area contributed by atoms with E-state index in [2.05, 4.69) is 9.97 Å². The lowest BCUT2D eigenvalue weighted by Gasteiger charge is -2.20. The third-order valence-corrected chi connectivity index (χ3v) is 5.78. The van der Waals surface area contributed by atoms with Crippen molar-refractivity contribution in [3.05, 3.63) is 34.4 Å². The Hall–Kier alpha value is -1.18. The summed E-state index contributed by atoms with van der Waals surface area (Å²) >= 11 is 1.58. The molecule has 0 aromatic carbocycles. The second kappa shape index (κ2) is 4.73. The Morgan fingerprint density at radius 3 is 2.84 bits per heavy atom. The monoisotopic (exact) mass is 297 g/mol. The smallest absolute Gasteiger partial charge is 0.260 e. The minimum atomic E-state index is -3.47. The van der Waals surface area contributed by atoms with Gasteiger partial charge in [-0.15, -0.1) is 11.3 Å². The number of nitrogens with zero attached hydrogens (tertiary/aromatic N) is 2. The molecule has 1 saturated carbocycles. The van der Waals surface area contributed by atoms with Gasteiger partial charge in [-0.3, -0.25) is 0 Å². The highest BCUT2D eigenvalue weighted by Crippen LogP contribution is 2.33. The van der Waals surface area contributed by atoms with Crippen molar-refractivity contribution in [2.75, 3.05) is 0 Å². The molecule has 0 amide bonds. The van der Waals surface area contributed by atoms with Gasteiger partial charge >= 0.3 is 0 Å². The van der Waals surface area contributed by atoms with E-state index in [1.54, 1.807) is 22.6 Å². The van der Waals surface area contributed by atoms with Crippen molar-refractivity contribution in [2.45, 2.75) is 37.4 Å². The zero-order valence-corrected chi connectivity index (χ0v) is 12.2. The van der Waals surface area contributed by atoms with Crippen LogP contribution in [0.5, 0.6) is 0 Å². The highest BCUT2D eigenvalue weighted by atomic mass is 32.2. The maximum atomic E-state index is 12.6. The maximum Gasteiger partial charge on any atom is 0.260 e. The van der Waals surface area contributed by atoms with Crippen LogP contribution in [0.3, 0.4) is 0 Å². The van der Waals surface area contributed by atoms with Crippen molar-refractivity contribution in [2.24, 2.45) is 0 Å². The van der Waals surface area contributed by atoms with Gasteiger partial charge in [0.25, 0.3) is 10.0 Å². The first-order chi connectivity index (χ1) is 9.07. The van der Waals surface area contributed by atoms with Gasteiger partial charge in [-0.25, -0.2) is 13.4 Å². The number of H-pyrrole nitrogens is 1. The molecule has 2 heterocycles. The van der Waals surface area contributed by atoms with E-state index < -0.39 is 10.0 Å². The number of hydrogen-bond acceptors (Lipinski definition) is 4. The first kappa shape index (κ1) is 12.8. The van der Waals surface area contributed by atoms with E-state index >= 15 is 0 Å². The summed E-state index contributed by atoms with van der Waals surface area (Å²) in [6.45, 7) is 2.20. The van der Waals surface area contributed by atoms with Gasteiger partial charge in [0.05, 0.1) is 6.20 Å². The van der Waals surface area contributed by atoms with Crippen LogP contribution in [0.25, 0.3) is 0 Å². The van der Waals surface area contributed by atoms with Gasteiger partial charge in [0.15, 0.2) is 5.03 Å². The molecule has 19 heavy (non-hydrogen) atoms. The Labute approximate surface area is 116 Å². The molecule has 0 unspecified atom stereocenters. The van der Waals surface area contributed by atoms with Gasteiger partial charge in [0.2, 0.25) is 0 Å². The first-order valence-corrected chi connectivity index (χ1v) is 8.45. The van der Waals surface area contributed by atoms with Gasteiger partial charge in [0.1, 0.15) is 5.82 Å². The fourth-order valence-corrected chi connectivity index (χ4v) is 4.40. The molecule has 0 atom stereocenters. The highest BCUT2D eigenvalue weighted by molar-refractivity contribution is 7.89. The van der Waals surface area contributed by atoms with Crippen molar-refractivity contribution in [3.8, 4) is 0 Å². The molecule has 2 aromatic heterocycles. The lowest BCUT2D eigenvalue weighted by atomic mass is 10.4. The number of aromatic nitrogens is 2. The van der Waals surface area contributed by atoms with Crippen molar-refractivity contribution < 1.29 is 8.42 Å². The van der Waals surface area contributed by atoms with Crippen LogP contribution in [0.15, 0.2) is 28.7 Å². The van der Waals surface area contributed by atoms with Crippen LogP contribution < -0.4 is 0 Å². The van der Waals surface area contributed by atoms with Gasteiger partial charge in [-0.1, -0.05) is 6.07 Å². The van der Waals surface area contributed by atoms with E-state index in [1.165, 1.54) is 6.20 Å².